The van der Waals surface area contributed by atoms with E-state index in [1.165, 1.54) is 12.1 Å². The lowest BCUT2D eigenvalue weighted by Gasteiger charge is -2.16. The second kappa shape index (κ2) is 5.53. The second-order valence-corrected chi connectivity index (χ2v) is 10.9. The van der Waals surface area contributed by atoms with Gasteiger partial charge in [0.05, 0.1) is 4.90 Å². The van der Waals surface area contributed by atoms with Crippen LogP contribution in [0.2, 0.25) is 0 Å². The first kappa shape index (κ1) is 17.8. The number of rotatable bonds is 3. The maximum absolute atomic E-state index is 14.0. The van der Waals surface area contributed by atoms with Crippen LogP contribution in [0.15, 0.2) is 42.7 Å². The minimum absolute atomic E-state index is 0.591. The highest BCUT2D eigenvalue weighted by Crippen LogP contribution is 2.82. The Kier molecular flexibility index (Phi) is 4.48. The van der Waals surface area contributed by atoms with Crippen LogP contribution in [0.25, 0.3) is 0 Å². The molecule has 15 heteroatoms. The van der Waals surface area contributed by atoms with E-state index in [1.54, 1.807) is 11.4 Å². The zero-order valence-corrected chi connectivity index (χ0v) is 14.0. The molecule has 0 aliphatic carbocycles. The summed E-state index contributed by atoms with van der Waals surface area (Å²) in [5.74, 6) is 0. The van der Waals surface area contributed by atoms with Gasteiger partial charge < -0.3 is 0 Å². The highest BCUT2D eigenvalue weighted by molar-refractivity contribution is 7.92. The van der Waals surface area contributed by atoms with Crippen LogP contribution >= 0.6 is 23.4 Å². The molecule has 0 saturated heterocycles. The average molecular weight is 401 g/mol. The highest BCUT2D eigenvalue weighted by Gasteiger charge is 2.43. The minimum Gasteiger partial charge on any atom is -0.194 e. The van der Waals surface area contributed by atoms with Crippen LogP contribution in [0.5, 0.6) is 0 Å². The van der Waals surface area contributed by atoms with E-state index < -0.39 is 38.4 Å². The lowest BCUT2D eigenvalue weighted by Crippen LogP contribution is -2.03. The Morgan fingerprint density at radius 1 is 0.909 bits per heavy atom. The van der Waals surface area contributed by atoms with E-state index in [1.807, 2.05) is 0 Å². The van der Waals surface area contributed by atoms with Crippen molar-refractivity contribution in [1.82, 2.24) is 0 Å². The van der Waals surface area contributed by atoms with Crippen molar-refractivity contribution in [2.24, 2.45) is 13.5 Å². The van der Waals surface area contributed by atoms with E-state index in [4.69, 9.17) is 0 Å². The van der Waals surface area contributed by atoms with Crippen LogP contribution in [-0.4, -0.2) is 8.42 Å². The molecule has 1 aromatic rings. The van der Waals surface area contributed by atoms with E-state index in [0.29, 0.717) is 5.56 Å². The summed E-state index contributed by atoms with van der Waals surface area (Å²) in [6, 6.07) is 4.66. The van der Waals surface area contributed by atoms with Crippen molar-refractivity contribution in [3.8, 4) is 0 Å². The third kappa shape index (κ3) is 4.26. The van der Waals surface area contributed by atoms with E-state index >= 15 is 0 Å². The van der Waals surface area contributed by atoms with E-state index in [-0.39, 0.29) is 0 Å². The van der Waals surface area contributed by atoms with Crippen molar-refractivity contribution in [3.05, 3.63) is 29.8 Å². The van der Waals surface area contributed by atoms with E-state index in [9.17, 15) is 29.4 Å². The predicted molar refractivity (Wildman–Crippen MR) is 73.0 cm³/mol. The fourth-order valence-corrected chi connectivity index (χ4v) is 8.49. The molecule has 0 aromatic heterocycles. The quantitative estimate of drug-likeness (QED) is 0.434. The Balaban J connectivity index is 2.50. The molecule has 1 aliphatic heterocycles. The molecular weight excluding hydrogens is 394 g/mol. The maximum atomic E-state index is 14.0. The average Bonchev–Trinajstić information content (AvgIpc) is 2.22. The largest absolute Gasteiger partial charge is 0.425 e. The van der Waals surface area contributed by atoms with Gasteiger partial charge in [-0.2, -0.15) is 16.6 Å². The first-order chi connectivity index (χ1) is 9.83. The minimum atomic E-state index is -6.02. The molecular formula is C7H7F5N3O3P3S. The van der Waals surface area contributed by atoms with Gasteiger partial charge in [0.25, 0.3) is 0 Å². The number of hydrogen-bond donors (Lipinski definition) is 0. The molecule has 0 radical (unpaired) electrons. The van der Waals surface area contributed by atoms with Crippen LogP contribution in [0.1, 0.15) is 5.56 Å². The molecule has 124 valence electrons. The van der Waals surface area contributed by atoms with Gasteiger partial charge in [0.2, 0.25) is 0 Å². The van der Waals surface area contributed by atoms with Gasteiger partial charge in [-0.1, -0.05) is 17.7 Å². The molecule has 0 N–H and O–H groups in total. The standard InChI is InChI=1S/C7H7F5N3O3P3S/c1-6-2-4-7(5-3-6)22(16,17)18-21(12)14-19(8,9)13-20(10,11)15-21/h2-5H,1H3. The Morgan fingerprint density at radius 3 is 1.91 bits per heavy atom. The Morgan fingerprint density at radius 2 is 1.41 bits per heavy atom. The lowest BCUT2D eigenvalue weighted by molar-refractivity contribution is 0.487. The Labute approximate surface area is 122 Å². The lowest BCUT2D eigenvalue weighted by atomic mass is 10.2. The molecule has 0 amide bonds. The molecule has 6 nitrogen and oxygen atoms in total. The molecule has 0 saturated carbocycles. The zero-order valence-electron chi connectivity index (χ0n) is 10.5. The molecule has 1 unspecified atom stereocenters. The van der Waals surface area contributed by atoms with Gasteiger partial charge in [0, 0.05) is 0 Å². The van der Waals surface area contributed by atoms with Crippen LogP contribution in [0, 0.1) is 6.92 Å². The topological polar surface area (TPSA) is 80.5 Å². The molecule has 22 heavy (non-hydrogen) atoms. The second-order valence-electron chi connectivity index (χ2n) is 3.99. The summed E-state index contributed by atoms with van der Waals surface area (Å²) in [6.07, 6.45) is 0. The molecule has 1 aliphatic rings. The first-order valence-electron chi connectivity index (χ1n) is 5.25. The van der Waals surface area contributed by atoms with Crippen molar-refractivity contribution < 1.29 is 33.4 Å². The summed E-state index contributed by atoms with van der Waals surface area (Å²) in [4.78, 5) is -0.591. The van der Waals surface area contributed by atoms with Crippen LogP contribution < -0.4 is 0 Å². The molecule has 1 heterocycles. The Bertz CT molecular complexity index is 865. The van der Waals surface area contributed by atoms with Crippen molar-refractivity contribution in [2.45, 2.75) is 11.8 Å². The van der Waals surface area contributed by atoms with Crippen molar-refractivity contribution in [1.29, 1.82) is 0 Å². The van der Waals surface area contributed by atoms with Crippen molar-refractivity contribution in [2.75, 3.05) is 0 Å². The van der Waals surface area contributed by atoms with Crippen LogP contribution in [0.3, 0.4) is 0 Å². The summed E-state index contributed by atoms with van der Waals surface area (Å²) >= 11 is 0. The molecule has 0 spiro atoms. The van der Waals surface area contributed by atoms with Crippen molar-refractivity contribution in [3.63, 3.8) is 0 Å². The molecule has 1 aromatic carbocycles. The van der Waals surface area contributed by atoms with Gasteiger partial charge in [-0.25, -0.2) is 0 Å². The number of nitrogens with zero attached hydrogens (tertiary/aromatic N) is 3. The van der Waals surface area contributed by atoms with Gasteiger partial charge in [0.15, 0.2) is 0 Å². The van der Waals surface area contributed by atoms with Crippen LogP contribution in [-0.2, 0) is 14.1 Å². The monoisotopic (exact) mass is 401 g/mol. The summed E-state index contributed by atoms with van der Waals surface area (Å²) in [5, 5.41) is 0. The number of hydrogen-bond acceptors (Lipinski definition) is 6. The summed E-state index contributed by atoms with van der Waals surface area (Å²) in [6.45, 7) is 1.63. The molecule has 0 fully saturated rings. The summed E-state index contributed by atoms with van der Waals surface area (Å²) in [7, 11) is -22.7. The third-order valence-electron chi connectivity index (χ3n) is 2.15. The van der Waals surface area contributed by atoms with Gasteiger partial charge in [-0.3, -0.25) is 0 Å². The van der Waals surface area contributed by atoms with Gasteiger partial charge in [-0.15, -0.1) is 30.3 Å². The van der Waals surface area contributed by atoms with Crippen molar-refractivity contribution >= 4 is 33.5 Å². The predicted octanol–water partition coefficient (Wildman–Crippen LogP) is 6.40. The number of halogens is 5. The van der Waals surface area contributed by atoms with E-state index in [0.717, 1.165) is 12.1 Å². The number of aryl methyl sites for hydroxylation is 1. The van der Waals surface area contributed by atoms with Crippen LogP contribution in [0.4, 0.5) is 21.0 Å². The van der Waals surface area contributed by atoms with Gasteiger partial charge in [-0.05, 0) is 19.1 Å². The maximum Gasteiger partial charge on any atom is 0.425 e. The Hall–Kier alpha value is -0.530. The molecule has 2 rings (SSSR count). The fraction of sp³-hybridized carbons (Fsp3) is 0.143. The normalized spacial score (nSPS) is 26.5. The summed E-state index contributed by atoms with van der Waals surface area (Å²) in [5.41, 5.74) is 0.657. The number of benzene rings is 1. The van der Waals surface area contributed by atoms with Gasteiger partial charge >= 0.3 is 33.5 Å². The molecule has 1 atom stereocenters. The fourth-order valence-electron chi connectivity index (χ4n) is 1.35. The van der Waals surface area contributed by atoms with E-state index in [2.05, 4.69) is 13.0 Å². The summed E-state index contributed by atoms with van der Waals surface area (Å²) < 4.78 is 99.5. The molecule has 0 bridgehead atoms. The smallest absolute Gasteiger partial charge is 0.194 e. The van der Waals surface area contributed by atoms with Gasteiger partial charge in [0.1, 0.15) is 0 Å². The highest BCUT2D eigenvalue weighted by atomic mass is 32.2. The zero-order chi connectivity index (χ0) is 16.8. The third-order valence-corrected chi connectivity index (χ3v) is 9.76. The SMILES string of the molecule is Cc1ccc(S(=O)(=O)OP2(F)=NP(F)(F)=NP(F)(F)=N2)cc1. The first-order valence-corrected chi connectivity index (χ1v) is 11.1.